The molecule has 0 spiro atoms. The Bertz CT molecular complexity index is 619. The average molecular weight is 387 g/mol. The molecule has 0 aromatic heterocycles. The van der Waals surface area contributed by atoms with Gasteiger partial charge < -0.3 is 14.6 Å². The van der Waals surface area contributed by atoms with Crippen LogP contribution in [0.2, 0.25) is 0 Å². The Labute approximate surface area is 143 Å². The molecule has 126 valence electrons. The molecule has 1 N–H and O–H groups in total. The first kappa shape index (κ1) is 19.2. The highest BCUT2D eigenvalue weighted by Gasteiger charge is 2.13. The Balaban J connectivity index is 3.08. The summed E-state index contributed by atoms with van der Waals surface area (Å²) in [6.45, 7) is 5.40. The molecule has 0 heterocycles. The van der Waals surface area contributed by atoms with E-state index in [1.165, 1.54) is 25.1 Å². The van der Waals surface area contributed by atoms with Crippen molar-refractivity contribution in [2.45, 2.75) is 33.6 Å². The summed E-state index contributed by atoms with van der Waals surface area (Å²) in [7, 11) is 0. The Morgan fingerprint density at radius 3 is 2.65 bits per heavy atom. The number of carbonyl (C=O) groups excluding carboxylic acids is 1. The van der Waals surface area contributed by atoms with Gasteiger partial charge in [-0.3, -0.25) is 4.79 Å². The topological polar surface area (TPSA) is 55.8 Å². The van der Waals surface area contributed by atoms with Gasteiger partial charge in [0.05, 0.1) is 17.5 Å². The van der Waals surface area contributed by atoms with Gasteiger partial charge in [-0.2, -0.15) is 0 Å². The van der Waals surface area contributed by atoms with Gasteiger partial charge >= 0.3 is 5.97 Å². The van der Waals surface area contributed by atoms with Gasteiger partial charge in [0.2, 0.25) is 0 Å². The molecule has 0 amide bonds. The number of esters is 1. The first-order chi connectivity index (χ1) is 10.9. The zero-order valence-corrected chi connectivity index (χ0v) is 14.9. The molecule has 0 unspecified atom stereocenters. The van der Waals surface area contributed by atoms with Gasteiger partial charge in [0.25, 0.3) is 0 Å². The number of carbonyl (C=O) groups is 1. The van der Waals surface area contributed by atoms with E-state index in [0.29, 0.717) is 22.2 Å². The van der Waals surface area contributed by atoms with E-state index >= 15 is 0 Å². The van der Waals surface area contributed by atoms with Crippen molar-refractivity contribution in [3.05, 3.63) is 51.7 Å². The third-order valence-corrected chi connectivity index (χ3v) is 3.69. The molecule has 1 rings (SSSR count). The minimum Gasteiger partial charge on any atom is -0.511 e. The predicted octanol–water partition coefficient (Wildman–Crippen LogP) is 4.79. The van der Waals surface area contributed by atoms with E-state index in [1.54, 1.807) is 13.0 Å². The van der Waals surface area contributed by atoms with Crippen LogP contribution in [-0.2, 0) is 16.0 Å². The van der Waals surface area contributed by atoms with Gasteiger partial charge in [0.15, 0.2) is 0 Å². The number of hydrogen-bond donors (Lipinski definition) is 1. The second kappa shape index (κ2) is 9.35. The summed E-state index contributed by atoms with van der Waals surface area (Å²) in [5, 5.41) is 9.42. The molecule has 0 radical (unpaired) electrons. The summed E-state index contributed by atoms with van der Waals surface area (Å²) in [6, 6.07) is 3.99. The Kier molecular flexibility index (Phi) is 7.81. The number of allylic oxidation sites excluding steroid dienone is 4. The maximum atomic E-state index is 13.5. The van der Waals surface area contributed by atoms with Crippen molar-refractivity contribution in [1.82, 2.24) is 0 Å². The molecular formula is C17H20BrFO4. The van der Waals surface area contributed by atoms with Gasteiger partial charge in [-0.25, -0.2) is 4.39 Å². The average Bonchev–Trinajstić information content (AvgIpc) is 2.49. The van der Waals surface area contributed by atoms with Gasteiger partial charge in [-0.05, 0) is 41.9 Å². The lowest BCUT2D eigenvalue weighted by Crippen LogP contribution is -2.09. The molecule has 0 fully saturated rings. The number of aliphatic hydroxyl groups excluding tert-OH is 1. The van der Waals surface area contributed by atoms with Gasteiger partial charge in [-0.15, -0.1) is 0 Å². The first-order valence-electron chi connectivity index (χ1n) is 7.25. The molecule has 0 saturated carbocycles. The molecule has 0 bridgehead atoms. The highest BCUT2D eigenvalue weighted by Crippen LogP contribution is 2.25. The molecule has 1 aromatic rings. The van der Waals surface area contributed by atoms with E-state index < -0.39 is 11.8 Å². The van der Waals surface area contributed by atoms with E-state index in [0.717, 1.165) is 0 Å². The summed E-state index contributed by atoms with van der Waals surface area (Å²) >= 11 is 3.22. The van der Waals surface area contributed by atoms with Crippen LogP contribution in [0.5, 0.6) is 5.75 Å². The fourth-order valence-electron chi connectivity index (χ4n) is 1.73. The Morgan fingerprint density at radius 1 is 1.39 bits per heavy atom. The molecular weight excluding hydrogens is 367 g/mol. The highest BCUT2D eigenvalue weighted by atomic mass is 79.9. The van der Waals surface area contributed by atoms with Crippen molar-refractivity contribution in [3.63, 3.8) is 0 Å². The van der Waals surface area contributed by atoms with Crippen molar-refractivity contribution in [3.8, 4) is 5.75 Å². The van der Waals surface area contributed by atoms with E-state index in [-0.39, 0.29) is 24.5 Å². The van der Waals surface area contributed by atoms with Crippen LogP contribution >= 0.6 is 15.9 Å². The maximum Gasteiger partial charge on any atom is 0.310 e. The van der Waals surface area contributed by atoms with Crippen LogP contribution < -0.4 is 4.74 Å². The van der Waals surface area contributed by atoms with Crippen LogP contribution in [0, 0.1) is 5.82 Å². The number of hydrogen-bond acceptors (Lipinski definition) is 4. The molecule has 4 nitrogen and oxygen atoms in total. The number of rotatable bonds is 7. The molecule has 0 atom stereocenters. The second-order valence-electron chi connectivity index (χ2n) is 4.73. The molecule has 0 saturated heterocycles. The van der Waals surface area contributed by atoms with Crippen LogP contribution in [0.25, 0.3) is 0 Å². The van der Waals surface area contributed by atoms with E-state index in [1.807, 2.05) is 6.92 Å². The number of benzene rings is 1. The number of ether oxygens (including phenoxy) is 2. The number of halogens is 2. The van der Waals surface area contributed by atoms with Crippen molar-refractivity contribution in [2.24, 2.45) is 0 Å². The standard InChI is InChI=1S/C17H20BrFO4/c1-4-14(10-15(18)11(3)20)23-16-9-13(19)7-6-12(16)8-17(21)22-5-2/h6-7,9-10,20H,4-5,8H2,1-3H3/b14-10?,15-11-. The number of aliphatic hydroxyl groups is 1. The minimum atomic E-state index is -0.462. The lowest BCUT2D eigenvalue weighted by Gasteiger charge is -2.13. The fourth-order valence-corrected chi connectivity index (χ4v) is 1.98. The van der Waals surface area contributed by atoms with Crippen LogP contribution in [-0.4, -0.2) is 17.7 Å². The first-order valence-corrected chi connectivity index (χ1v) is 8.04. The highest BCUT2D eigenvalue weighted by molar-refractivity contribution is 9.11. The molecule has 6 heteroatoms. The smallest absolute Gasteiger partial charge is 0.310 e. The Hall–Kier alpha value is -1.82. The summed E-state index contributed by atoms with van der Waals surface area (Å²) in [5.74, 6) is 0.00263. The maximum absolute atomic E-state index is 13.5. The van der Waals surface area contributed by atoms with Crippen LogP contribution in [0.15, 0.2) is 40.3 Å². The molecule has 0 aliphatic rings. The van der Waals surface area contributed by atoms with Crippen LogP contribution in [0.3, 0.4) is 0 Å². The van der Waals surface area contributed by atoms with Gasteiger partial charge in [-0.1, -0.05) is 13.0 Å². The monoisotopic (exact) mass is 386 g/mol. The molecule has 1 aromatic carbocycles. The van der Waals surface area contributed by atoms with Gasteiger partial charge in [0.1, 0.15) is 23.1 Å². The molecule has 0 aliphatic heterocycles. The molecule has 23 heavy (non-hydrogen) atoms. The lowest BCUT2D eigenvalue weighted by molar-refractivity contribution is -0.142. The predicted molar refractivity (Wildman–Crippen MR) is 90.0 cm³/mol. The second-order valence-corrected chi connectivity index (χ2v) is 5.59. The van der Waals surface area contributed by atoms with Crippen LogP contribution in [0.1, 0.15) is 32.8 Å². The third-order valence-electron chi connectivity index (χ3n) is 2.89. The van der Waals surface area contributed by atoms with E-state index in [9.17, 15) is 14.3 Å². The fraction of sp³-hybridized carbons (Fsp3) is 0.353. The van der Waals surface area contributed by atoms with Crippen molar-refractivity contribution in [1.29, 1.82) is 0 Å². The largest absolute Gasteiger partial charge is 0.511 e. The quantitative estimate of drug-likeness (QED) is 0.415. The third kappa shape index (κ3) is 6.44. The SMILES string of the molecule is CCOC(=O)Cc1ccc(F)cc1OC(=C/C(Br)=C(\C)O)CC. The van der Waals surface area contributed by atoms with E-state index in [2.05, 4.69) is 15.9 Å². The van der Waals surface area contributed by atoms with Crippen molar-refractivity contribution >= 4 is 21.9 Å². The summed E-state index contributed by atoms with van der Waals surface area (Å²) in [5.41, 5.74) is 0.532. The minimum absolute atomic E-state index is 0.00349. The summed E-state index contributed by atoms with van der Waals surface area (Å²) in [4.78, 5) is 11.6. The van der Waals surface area contributed by atoms with Gasteiger partial charge in [0, 0.05) is 18.1 Å². The van der Waals surface area contributed by atoms with Crippen molar-refractivity contribution < 1.29 is 23.8 Å². The Morgan fingerprint density at radius 2 is 2.09 bits per heavy atom. The summed E-state index contributed by atoms with van der Waals surface area (Å²) < 4.78 is 24.6. The summed E-state index contributed by atoms with van der Waals surface area (Å²) in [6.07, 6.45) is 2.13. The van der Waals surface area contributed by atoms with Crippen molar-refractivity contribution in [2.75, 3.05) is 6.61 Å². The zero-order chi connectivity index (χ0) is 17.4. The normalized spacial score (nSPS) is 12.7. The lowest BCUT2D eigenvalue weighted by atomic mass is 10.1. The zero-order valence-electron chi connectivity index (χ0n) is 13.4. The van der Waals surface area contributed by atoms with E-state index in [4.69, 9.17) is 9.47 Å². The molecule has 0 aliphatic carbocycles. The van der Waals surface area contributed by atoms with Crippen LogP contribution in [0.4, 0.5) is 4.39 Å².